The number of hydrogen-bond acceptors (Lipinski definition) is 4. The Balaban J connectivity index is 1.78. The lowest BCUT2D eigenvalue weighted by atomic mass is 10.2. The van der Waals surface area contributed by atoms with E-state index in [9.17, 15) is 10.1 Å². The lowest BCUT2D eigenvalue weighted by molar-refractivity contribution is -0.385. The fraction of sp³-hybridized carbons (Fsp3) is 0.571. The molecule has 0 bridgehead atoms. The highest BCUT2D eigenvalue weighted by Gasteiger charge is 2.21. The van der Waals surface area contributed by atoms with Gasteiger partial charge in [-0.25, -0.2) is 0 Å². The van der Waals surface area contributed by atoms with Crippen LogP contribution in [0.1, 0.15) is 18.4 Å². The maximum atomic E-state index is 10.9. The second-order valence-electron chi connectivity index (χ2n) is 5.30. The van der Waals surface area contributed by atoms with Crippen LogP contribution in [-0.4, -0.2) is 36.6 Å². The number of nitrogens with zero attached hydrogens (tertiary/aromatic N) is 2. The molecule has 1 aromatic rings. The summed E-state index contributed by atoms with van der Waals surface area (Å²) in [5.74, 6) is 0.787. The Morgan fingerprint density at radius 2 is 2.25 bits per heavy atom. The van der Waals surface area contributed by atoms with Gasteiger partial charge in [0.1, 0.15) is 0 Å². The maximum absolute atomic E-state index is 10.9. The van der Waals surface area contributed by atoms with Crippen LogP contribution in [-0.2, 0) is 11.3 Å². The van der Waals surface area contributed by atoms with Gasteiger partial charge in [-0.05, 0) is 53.4 Å². The van der Waals surface area contributed by atoms with E-state index in [1.807, 2.05) is 13.1 Å². The van der Waals surface area contributed by atoms with Gasteiger partial charge in [-0.2, -0.15) is 0 Å². The summed E-state index contributed by atoms with van der Waals surface area (Å²) in [6.45, 7) is 3.10. The summed E-state index contributed by atoms with van der Waals surface area (Å²) in [5.41, 5.74) is 1.05. The van der Waals surface area contributed by atoms with E-state index in [0.29, 0.717) is 17.6 Å². The molecule has 0 N–H and O–H groups in total. The van der Waals surface area contributed by atoms with E-state index in [-0.39, 0.29) is 10.6 Å². The number of benzene rings is 1. The molecule has 0 spiro atoms. The lowest BCUT2D eigenvalue weighted by Gasteiger charge is -2.16. The highest BCUT2D eigenvalue weighted by molar-refractivity contribution is 9.10. The Bertz CT molecular complexity index is 477. The summed E-state index contributed by atoms with van der Waals surface area (Å²) in [6.07, 6.45) is 2.61. The molecule has 1 aromatic carbocycles. The first-order valence-corrected chi connectivity index (χ1v) is 7.54. The number of halogens is 1. The van der Waals surface area contributed by atoms with Gasteiger partial charge in [0.25, 0.3) is 5.69 Å². The second-order valence-corrected chi connectivity index (χ2v) is 6.15. The predicted molar refractivity (Wildman–Crippen MR) is 80.7 cm³/mol. The first kappa shape index (κ1) is 15.4. The van der Waals surface area contributed by atoms with Gasteiger partial charge in [0.05, 0.1) is 16.0 Å². The van der Waals surface area contributed by atoms with Gasteiger partial charge in [0, 0.05) is 25.8 Å². The van der Waals surface area contributed by atoms with E-state index in [1.54, 1.807) is 12.1 Å². The van der Waals surface area contributed by atoms with Crippen molar-refractivity contribution in [1.82, 2.24) is 4.90 Å². The van der Waals surface area contributed by atoms with Crippen molar-refractivity contribution in [1.29, 1.82) is 0 Å². The van der Waals surface area contributed by atoms with Crippen LogP contribution in [0.25, 0.3) is 0 Å². The van der Waals surface area contributed by atoms with Crippen molar-refractivity contribution < 1.29 is 9.66 Å². The topological polar surface area (TPSA) is 55.6 Å². The van der Waals surface area contributed by atoms with E-state index in [1.165, 1.54) is 12.8 Å². The minimum Gasteiger partial charge on any atom is -0.380 e. The van der Waals surface area contributed by atoms with Crippen LogP contribution >= 0.6 is 15.9 Å². The molecule has 5 nitrogen and oxygen atoms in total. The summed E-state index contributed by atoms with van der Waals surface area (Å²) in [6, 6.07) is 5.25. The molecule has 0 aromatic heterocycles. The Kier molecular flexibility index (Phi) is 5.51. The molecule has 0 amide bonds. The molecule has 110 valence electrons. The monoisotopic (exact) mass is 342 g/mol. The van der Waals surface area contributed by atoms with Crippen molar-refractivity contribution in [2.45, 2.75) is 19.4 Å². The molecule has 0 unspecified atom stereocenters. The average Bonchev–Trinajstić information content (AvgIpc) is 3.21. The molecule has 2 rings (SSSR count). The fourth-order valence-corrected chi connectivity index (χ4v) is 2.33. The van der Waals surface area contributed by atoms with E-state index in [0.717, 1.165) is 24.6 Å². The number of nitro groups is 1. The van der Waals surface area contributed by atoms with Crippen molar-refractivity contribution in [2.75, 3.05) is 26.8 Å². The molecule has 0 aliphatic heterocycles. The maximum Gasteiger partial charge on any atom is 0.283 e. The third-order valence-electron chi connectivity index (χ3n) is 3.33. The highest BCUT2D eigenvalue weighted by Crippen LogP contribution is 2.28. The van der Waals surface area contributed by atoms with Crippen molar-refractivity contribution in [3.8, 4) is 0 Å². The van der Waals surface area contributed by atoms with Crippen molar-refractivity contribution >= 4 is 21.6 Å². The average molecular weight is 343 g/mol. The van der Waals surface area contributed by atoms with E-state index in [2.05, 4.69) is 20.8 Å². The van der Waals surface area contributed by atoms with Crippen molar-refractivity contribution in [3.05, 3.63) is 38.3 Å². The molecule has 1 saturated carbocycles. The Morgan fingerprint density at radius 3 is 2.90 bits per heavy atom. The minimum atomic E-state index is -0.369. The number of rotatable bonds is 8. The minimum absolute atomic E-state index is 0.112. The van der Waals surface area contributed by atoms with Crippen LogP contribution < -0.4 is 0 Å². The number of nitro benzene ring substituents is 1. The van der Waals surface area contributed by atoms with Gasteiger partial charge < -0.3 is 4.74 Å². The number of likely N-dealkylation sites (N-methyl/N-ethyl adjacent to an activating group) is 1. The van der Waals surface area contributed by atoms with E-state index < -0.39 is 0 Å². The first-order chi connectivity index (χ1) is 9.56. The summed E-state index contributed by atoms with van der Waals surface area (Å²) >= 11 is 3.19. The number of ether oxygens (including phenoxy) is 1. The molecule has 1 aliphatic rings. The van der Waals surface area contributed by atoms with Crippen LogP contribution in [0.2, 0.25) is 0 Å². The van der Waals surface area contributed by atoms with Crippen LogP contribution in [0.15, 0.2) is 22.7 Å². The molecule has 1 aliphatic carbocycles. The number of hydrogen-bond donors (Lipinski definition) is 0. The zero-order valence-corrected chi connectivity index (χ0v) is 13.1. The standard InChI is InChI=1S/C14H19BrN2O3/c1-16(6-7-20-10-11-2-3-11)9-12-4-5-13(15)14(8-12)17(18)19/h4-5,8,11H,2-3,6-7,9-10H2,1H3. The largest absolute Gasteiger partial charge is 0.380 e. The molecule has 20 heavy (non-hydrogen) atoms. The van der Waals surface area contributed by atoms with Gasteiger partial charge in [0.2, 0.25) is 0 Å². The van der Waals surface area contributed by atoms with Gasteiger partial charge in [-0.1, -0.05) is 6.07 Å². The van der Waals surface area contributed by atoms with Crippen LogP contribution in [0, 0.1) is 16.0 Å². The quantitative estimate of drug-likeness (QED) is 0.413. The molecular formula is C14H19BrN2O3. The van der Waals surface area contributed by atoms with Crippen molar-refractivity contribution in [3.63, 3.8) is 0 Å². The second kappa shape index (κ2) is 7.15. The smallest absolute Gasteiger partial charge is 0.283 e. The third kappa shape index (κ3) is 4.85. The molecule has 0 saturated heterocycles. The van der Waals surface area contributed by atoms with Gasteiger partial charge >= 0.3 is 0 Å². The Hall–Kier alpha value is -0.980. The lowest BCUT2D eigenvalue weighted by Crippen LogP contribution is -2.23. The zero-order valence-electron chi connectivity index (χ0n) is 11.5. The molecule has 0 heterocycles. The summed E-state index contributed by atoms with van der Waals surface area (Å²) in [4.78, 5) is 12.6. The molecule has 0 radical (unpaired) electrons. The van der Waals surface area contributed by atoms with Crippen LogP contribution in [0.3, 0.4) is 0 Å². The molecule has 1 fully saturated rings. The molecular weight excluding hydrogens is 324 g/mol. The summed E-state index contributed by atoms with van der Waals surface area (Å²) < 4.78 is 6.11. The van der Waals surface area contributed by atoms with E-state index in [4.69, 9.17) is 4.74 Å². The van der Waals surface area contributed by atoms with E-state index >= 15 is 0 Å². The van der Waals surface area contributed by atoms with Crippen molar-refractivity contribution in [2.24, 2.45) is 5.92 Å². The van der Waals surface area contributed by atoms with Crippen LogP contribution in [0.4, 0.5) is 5.69 Å². The molecule has 6 heteroatoms. The normalized spacial score (nSPS) is 14.8. The van der Waals surface area contributed by atoms with Gasteiger partial charge in [-0.3, -0.25) is 15.0 Å². The zero-order chi connectivity index (χ0) is 14.5. The van der Waals surface area contributed by atoms with Crippen LogP contribution in [0.5, 0.6) is 0 Å². The Labute approximate surface area is 127 Å². The Morgan fingerprint density at radius 1 is 1.50 bits per heavy atom. The summed E-state index contributed by atoms with van der Waals surface area (Å²) in [5, 5.41) is 10.9. The fourth-order valence-electron chi connectivity index (χ4n) is 1.94. The van der Waals surface area contributed by atoms with Gasteiger partial charge in [-0.15, -0.1) is 0 Å². The first-order valence-electron chi connectivity index (χ1n) is 6.75. The third-order valence-corrected chi connectivity index (χ3v) is 4.00. The van der Waals surface area contributed by atoms with Gasteiger partial charge in [0.15, 0.2) is 0 Å². The predicted octanol–water partition coefficient (Wildman–Crippen LogP) is 3.22. The SMILES string of the molecule is CN(CCOCC1CC1)Cc1ccc(Br)c([N+](=O)[O-])c1. The summed E-state index contributed by atoms with van der Waals surface area (Å²) in [7, 11) is 1.99. The highest BCUT2D eigenvalue weighted by atomic mass is 79.9. The molecule has 0 atom stereocenters.